The molecule has 4 N–H and O–H groups in total. The first-order valence-electron chi connectivity index (χ1n) is 7.23. The lowest BCUT2D eigenvalue weighted by Gasteiger charge is -2.01. The Labute approximate surface area is 153 Å². The van der Waals surface area contributed by atoms with Crippen molar-refractivity contribution >= 4 is 47.2 Å². The quantitative estimate of drug-likeness (QED) is 0.385. The van der Waals surface area contributed by atoms with Crippen LogP contribution in [0.2, 0.25) is 0 Å². The summed E-state index contributed by atoms with van der Waals surface area (Å²) >= 11 is 1.50. The minimum atomic E-state index is 0. The third-order valence-electron chi connectivity index (χ3n) is 3.01. The molecule has 0 amide bonds. The van der Waals surface area contributed by atoms with Gasteiger partial charge < -0.3 is 16.0 Å². The van der Waals surface area contributed by atoms with Crippen molar-refractivity contribution in [3.05, 3.63) is 17.4 Å². The lowest BCUT2D eigenvalue weighted by Crippen LogP contribution is -2.22. The molecule has 9 heteroatoms. The number of aromatic amines is 1. The number of halogens is 2. The topological polar surface area (TPSA) is 92.0 Å². The standard InChI is InChI=1S/C14H22N6S.2ClH/c1-3-4-5-6-7-16-13(15)20-14-19-12(9-21-14)11-8-17-10(2)18-11;;/h8-9H,3-7H2,1-2H3,(H,17,18)(H3,15,16,19,20);2*1H. The van der Waals surface area contributed by atoms with Crippen molar-refractivity contribution in [2.75, 3.05) is 11.9 Å². The van der Waals surface area contributed by atoms with Crippen LogP contribution in [0.3, 0.4) is 0 Å². The molecule has 0 saturated heterocycles. The van der Waals surface area contributed by atoms with E-state index in [1.54, 1.807) is 6.20 Å². The zero-order chi connectivity index (χ0) is 15.1. The summed E-state index contributed by atoms with van der Waals surface area (Å²) in [6.45, 7) is 4.87. The lowest BCUT2D eigenvalue weighted by molar-refractivity contribution is 0.675. The minimum absolute atomic E-state index is 0. The molecule has 0 atom stereocenters. The number of unbranched alkanes of at least 4 members (excludes halogenated alkanes) is 3. The highest BCUT2D eigenvalue weighted by Gasteiger charge is 2.07. The monoisotopic (exact) mass is 378 g/mol. The highest BCUT2D eigenvalue weighted by molar-refractivity contribution is 7.14. The van der Waals surface area contributed by atoms with Gasteiger partial charge in [0, 0.05) is 11.9 Å². The summed E-state index contributed by atoms with van der Waals surface area (Å²) in [5.74, 6) is 1.30. The van der Waals surface area contributed by atoms with Gasteiger partial charge in [-0.2, -0.15) is 0 Å². The van der Waals surface area contributed by atoms with Crippen LogP contribution >= 0.6 is 36.2 Å². The van der Waals surface area contributed by atoms with Gasteiger partial charge in [-0.05, 0) is 13.3 Å². The van der Waals surface area contributed by atoms with Gasteiger partial charge in [0.25, 0.3) is 0 Å². The number of nitrogens with two attached hydrogens (primary N) is 1. The third-order valence-corrected chi connectivity index (χ3v) is 3.77. The zero-order valence-electron chi connectivity index (χ0n) is 13.3. The molecule has 0 fully saturated rings. The number of anilines is 1. The second-order valence-corrected chi connectivity index (χ2v) is 5.73. The Kier molecular flexibility index (Phi) is 10.6. The van der Waals surface area contributed by atoms with Gasteiger partial charge in [0.2, 0.25) is 0 Å². The fraction of sp³-hybridized carbons (Fsp3) is 0.500. The maximum Gasteiger partial charge on any atom is 0.194 e. The number of guanidine groups is 1. The summed E-state index contributed by atoms with van der Waals surface area (Å²) < 4.78 is 0. The predicted octanol–water partition coefficient (Wildman–Crippen LogP) is 3.99. The number of nitrogens with zero attached hydrogens (tertiary/aromatic N) is 3. The number of hydrogen-bond donors (Lipinski definition) is 3. The van der Waals surface area contributed by atoms with E-state index in [0.717, 1.165) is 35.3 Å². The number of thiazole rings is 1. The van der Waals surface area contributed by atoms with Crippen molar-refractivity contribution < 1.29 is 0 Å². The Balaban J connectivity index is 0.00000242. The first kappa shape index (κ1) is 21.7. The van der Waals surface area contributed by atoms with Crippen molar-refractivity contribution in [2.24, 2.45) is 10.7 Å². The Morgan fingerprint density at radius 2 is 2.13 bits per heavy atom. The Bertz CT molecular complexity index is 596. The van der Waals surface area contributed by atoms with Gasteiger partial charge in [0.1, 0.15) is 11.5 Å². The Morgan fingerprint density at radius 3 is 2.78 bits per heavy atom. The molecule has 0 unspecified atom stereocenters. The number of imidazole rings is 1. The van der Waals surface area contributed by atoms with Crippen LogP contribution in [-0.4, -0.2) is 27.5 Å². The van der Waals surface area contributed by atoms with Gasteiger partial charge in [0.15, 0.2) is 11.1 Å². The molecule has 0 saturated carbocycles. The van der Waals surface area contributed by atoms with Crippen molar-refractivity contribution in [3.8, 4) is 11.4 Å². The summed E-state index contributed by atoms with van der Waals surface area (Å²) in [6, 6.07) is 0. The Morgan fingerprint density at radius 1 is 1.35 bits per heavy atom. The normalized spacial score (nSPS) is 10.8. The summed E-state index contributed by atoms with van der Waals surface area (Å²) in [5.41, 5.74) is 7.63. The lowest BCUT2D eigenvalue weighted by atomic mass is 10.2. The zero-order valence-corrected chi connectivity index (χ0v) is 15.8. The summed E-state index contributed by atoms with van der Waals surface area (Å²) in [6.07, 6.45) is 6.54. The second-order valence-electron chi connectivity index (χ2n) is 4.87. The average molecular weight is 379 g/mol. The summed E-state index contributed by atoms with van der Waals surface area (Å²) in [5, 5.41) is 5.74. The van der Waals surface area contributed by atoms with E-state index in [1.165, 1.54) is 30.6 Å². The molecule has 130 valence electrons. The molecular formula is C14H24Cl2N6S. The van der Waals surface area contributed by atoms with Gasteiger partial charge in [-0.25, -0.2) is 9.97 Å². The number of hydrogen-bond acceptors (Lipinski definition) is 4. The van der Waals surface area contributed by atoms with Gasteiger partial charge in [-0.1, -0.05) is 26.2 Å². The van der Waals surface area contributed by atoms with E-state index >= 15 is 0 Å². The smallest absolute Gasteiger partial charge is 0.194 e. The van der Waals surface area contributed by atoms with E-state index < -0.39 is 0 Å². The van der Waals surface area contributed by atoms with Gasteiger partial charge >= 0.3 is 0 Å². The van der Waals surface area contributed by atoms with Crippen molar-refractivity contribution in [1.29, 1.82) is 0 Å². The van der Waals surface area contributed by atoms with E-state index in [1.807, 2.05) is 12.3 Å². The SMILES string of the molecule is CCCCCCN=C(N)Nc1nc(-c2cnc(C)[nH]2)cs1.Cl.Cl. The maximum absolute atomic E-state index is 5.86. The average Bonchev–Trinajstić information content (AvgIpc) is 3.07. The number of aryl methyl sites for hydroxylation is 1. The molecule has 0 bridgehead atoms. The number of rotatable bonds is 7. The van der Waals surface area contributed by atoms with Gasteiger partial charge in [-0.15, -0.1) is 36.2 Å². The highest BCUT2D eigenvalue weighted by Crippen LogP contribution is 2.23. The largest absolute Gasteiger partial charge is 0.370 e. The highest BCUT2D eigenvalue weighted by atomic mass is 35.5. The molecule has 0 aliphatic rings. The summed E-state index contributed by atoms with van der Waals surface area (Å²) in [7, 11) is 0. The van der Waals surface area contributed by atoms with Crippen LogP contribution in [0.25, 0.3) is 11.4 Å². The van der Waals surface area contributed by atoms with Crippen LogP contribution in [0.1, 0.15) is 38.4 Å². The van der Waals surface area contributed by atoms with E-state index in [4.69, 9.17) is 5.73 Å². The molecule has 0 aliphatic heterocycles. The minimum Gasteiger partial charge on any atom is -0.370 e. The first-order valence-corrected chi connectivity index (χ1v) is 8.11. The molecule has 23 heavy (non-hydrogen) atoms. The van der Waals surface area contributed by atoms with E-state index in [0.29, 0.717) is 5.96 Å². The molecule has 2 rings (SSSR count). The van der Waals surface area contributed by atoms with E-state index in [2.05, 4.69) is 32.2 Å². The van der Waals surface area contributed by atoms with Crippen LogP contribution < -0.4 is 11.1 Å². The van der Waals surface area contributed by atoms with Crippen LogP contribution in [0.15, 0.2) is 16.6 Å². The van der Waals surface area contributed by atoms with Crippen LogP contribution in [0.5, 0.6) is 0 Å². The second kappa shape index (κ2) is 11.3. The van der Waals surface area contributed by atoms with Crippen LogP contribution in [-0.2, 0) is 0 Å². The molecule has 0 aliphatic carbocycles. The van der Waals surface area contributed by atoms with Gasteiger partial charge in [0.05, 0.1) is 11.9 Å². The fourth-order valence-electron chi connectivity index (χ4n) is 1.89. The number of aliphatic imine (C=N–C) groups is 1. The fourth-order valence-corrected chi connectivity index (χ4v) is 2.61. The first-order chi connectivity index (χ1) is 10.2. The maximum atomic E-state index is 5.86. The summed E-state index contributed by atoms with van der Waals surface area (Å²) in [4.78, 5) is 16.1. The molecule has 0 spiro atoms. The molecular weight excluding hydrogens is 355 g/mol. The predicted molar refractivity (Wildman–Crippen MR) is 103 cm³/mol. The van der Waals surface area contributed by atoms with Crippen LogP contribution in [0.4, 0.5) is 5.13 Å². The van der Waals surface area contributed by atoms with Gasteiger partial charge in [-0.3, -0.25) is 4.99 Å². The number of H-pyrrole nitrogens is 1. The number of aromatic nitrogens is 3. The van der Waals surface area contributed by atoms with Crippen LogP contribution in [0, 0.1) is 6.92 Å². The van der Waals surface area contributed by atoms with Crippen molar-refractivity contribution in [3.63, 3.8) is 0 Å². The van der Waals surface area contributed by atoms with Crippen molar-refractivity contribution in [1.82, 2.24) is 15.0 Å². The Hall–Kier alpha value is -1.31. The molecule has 0 aromatic carbocycles. The van der Waals surface area contributed by atoms with E-state index in [9.17, 15) is 0 Å². The molecule has 6 nitrogen and oxygen atoms in total. The molecule has 2 aromatic heterocycles. The van der Waals surface area contributed by atoms with E-state index in [-0.39, 0.29) is 24.8 Å². The molecule has 2 heterocycles. The van der Waals surface area contributed by atoms with Crippen molar-refractivity contribution in [2.45, 2.75) is 39.5 Å². The molecule has 2 aromatic rings. The number of nitrogens with one attached hydrogen (secondary N) is 2. The molecule has 0 radical (unpaired) electrons. The third kappa shape index (κ3) is 7.20.